The summed E-state index contributed by atoms with van der Waals surface area (Å²) in [5.41, 5.74) is 2.43. The summed E-state index contributed by atoms with van der Waals surface area (Å²) in [7, 11) is 0. The quantitative estimate of drug-likeness (QED) is 0.172. The van der Waals surface area contributed by atoms with E-state index in [0.29, 0.717) is 54.6 Å². The molecule has 0 radical (unpaired) electrons. The second kappa shape index (κ2) is 11.7. The zero-order chi connectivity index (χ0) is 24.6. The van der Waals surface area contributed by atoms with E-state index in [0.717, 1.165) is 12.0 Å². The van der Waals surface area contributed by atoms with E-state index < -0.39 is 11.3 Å². The van der Waals surface area contributed by atoms with Gasteiger partial charge in [0.25, 0.3) is 11.3 Å². The van der Waals surface area contributed by atoms with Crippen molar-refractivity contribution in [3.05, 3.63) is 54.0 Å². The van der Waals surface area contributed by atoms with Crippen LogP contribution < -0.4 is 15.4 Å². The van der Waals surface area contributed by atoms with Crippen molar-refractivity contribution in [3.63, 3.8) is 0 Å². The Labute approximate surface area is 204 Å². The first-order valence-electron chi connectivity index (χ1n) is 11.3. The number of rotatable bonds is 13. The molecule has 1 unspecified atom stereocenters. The van der Waals surface area contributed by atoms with Gasteiger partial charge in [0.1, 0.15) is 5.76 Å². The summed E-state index contributed by atoms with van der Waals surface area (Å²) in [4.78, 5) is 13.8. The van der Waals surface area contributed by atoms with Crippen LogP contribution in [0.15, 0.2) is 47.2 Å². The number of nitrogens with zero attached hydrogens (tertiary/aromatic N) is 5. The second-order valence-electron chi connectivity index (χ2n) is 7.91. The molecule has 0 spiro atoms. The highest BCUT2D eigenvalue weighted by molar-refractivity contribution is 7.80. The Balaban J connectivity index is 1.52. The predicted octanol–water partition coefficient (Wildman–Crippen LogP) is 2.79. The van der Waals surface area contributed by atoms with Crippen molar-refractivity contribution in [1.29, 1.82) is 0 Å². The van der Waals surface area contributed by atoms with Gasteiger partial charge in [-0.25, -0.2) is 9.19 Å². The maximum absolute atomic E-state index is 10.8. The van der Waals surface area contributed by atoms with E-state index in [1.54, 1.807) is 12.4 Å². The van der Waals surface area contributed by atoms with Gasteiger partial charge < -0.3 is 24.8 Å². The minimum atomic E-state index is -2.20. The van der Waals surface area contributed by atoms with Crippen molar-refractivity contribution in [1.82, 2.24) is 24.7 Å². The van der Waals surface area contributed by atoms with Crippen molar-refractivity contribution in [2.24, 2.45) is 0 Å². The second-order valence-corrected chi connectivity index (χ2v) is 8.61. The number of anilines is 3. The molecule has 13 heteroatoms. The van der Waals surface area contributed by atoms with Crippen molar-refractivity contribution in [3.8, 4) is 0 Å². The Bertz CT molecular complexity index is 1260. The third kappa shape index (κ3) is 6.53. The number of aliphatic hydroxyl groups excluding tert-OH is 1. The largest absolute Gasteiger partial charge is 0.394 e. The zero-order valence-corrected chi connectivity index (χ0v) is 20.0. The third-order valence-electron chi connectivity index (χ3n) is 5.39. The van der Waals surface area contributed by atoms with Crippen LogP contribution in [0.2, 0.25) is 0 Å². The molecule has 12 nitrogen and oxygen atoms in total. The minimum absolute atomic E-state index is 0.0260. The molecule has 0 bridgehead atoms. The van der Waals surface area contributed by atoms with Gasteiger partial charge in [0.2, 0.25) is 5.95 Å². The molecule has 0 aliphatic carbocycles. The molecule has 0 aliphatic heterocycles. The number of hydrogen-bond donors (Lipinski definition) is 5. The maximum atomic E-state index is 10.8. The van der Waals surface area contributed by atoms with Gasteiger partial charge >= 0.3 is 0 Å². The Kier molecular flexibility index (Phi) is 8.23. The van der Waals surface area contributed by atoms with Crippen LogP contribution in [-0.2, 0) is 30.8 Å². The Morgan fingerprint density at radius 3 is 2.80 bits per heavy atom. The molecule has 5 N–H and O–H groups in total. The maximum Gasteiger partial charge on any atom is 0.260 e. The number of aryl methyl sites for hydroxylation is 2. The molecule has 2 atom stereocenters. The number of benzene rings is 1. The summed E-state index contributed by atoms with van der Waals surface area (Å²) in [5, 5.41) is 19.9. The lowest BCUT2D eigenvalue weighted by molar-refractivity contribution is 0.271. The van der Waals surface area contributed by atoms with E-state index in [4.69, 9.17) is 9.08 Å². The molecule has 186 valence electrons. The normalized spacial score (nSPS) is 13.0. The Morgan fingerprint density at radius 2 is 2.06 bits per heavy atom. The molecule has 1 aromatic carbocycles. The first-order chi connectivity index (χ1) is 17.1. The lowest BCUT2D eigenvalue weighted by Crippen LogP contribution is -2.24. The molecule has 35 heavy (non-hydrogen) atoms. The standard InChI is InChI=1S/C22H28N8O4S/c1-2-16(13-31)25-22-26-20(23-12-15-7-4-3-5-8-15)19-21(27-22)30(14-24-19)10-6-9-17-11-18(28-34-17)29-35(32)33/h3-5,7-8,11,14,16,31H,2,6,9-10,12-13H2,1H3,(H,28,29)(H,32,33)(H2,23,25,26,27)/t16-/m1/s1. The highest BCUT2D eigenvalue weighted by Gasteiger charge is 2.16. The van der Waals surface area contributed by atoms with Gasteiger partial charge in [-0.05, 0) is 18.4 Å². The molecular weight excluding hydrogens is 472 g/mol. The number of aliphatic hydroxyl groups is 1. The van der Waals surface area contributed by atoms with Crippen LogP contribution in [0.1, 0.15) is 31.1 Å². The highest BCUT2D eigenvalue weighted by Crippen LogP contribution is 2.23. The fourth-order valence-corrected chi connectivity index (χ4v) is 3.80. The van der Waals surface area contributed by atoms with Crippen molar-refractivity contribution in [2.75, 3.05) is 22.0 Å². The lowest BCUT2D eigenvalue weighted by atomic mass is 10.2. The van der Waals surface area contributed by atoms with Gasteiger partial charge in [-0.1, -0.05) is 42.4 Å². The van der Waals surface area contributed by atoms with Crippen LogP contribution in [0.5, 0.6) is 0 Å². The summed E-state index contributed by atoms with van der Waals surface area (Å²) in [6, 6.07) is 11.4. The molecule has 0 aliphatic rings. The molecule has 0 saturated heterocycles. The SMILES string of the molecule is CC[C@H](CO)Nc1nc(NCc2ccccc2)c2ncn(CCCc3cc(NS(=O)O)no3)c2n1. The van der Waals surface area contributed by atoms with Crippen LogP contribution in [-0.4, -0.2) is 51.2 Å². The molecule has 4 rings (SSSR count). The summed E-state index contributed by atoms with van der Waals surface area (Å²) in [5.74, 6) is 1.83. The van der Waals surface area contributed by atoms with E-state index in [2.05, 4.69) is 35.5 Å². The Morgan fingerprint density at radius 1 is 1.23 bits per heavy atom. The summed E-state index contributed by atoms with van der Waals surface area (Å²) < 4.78 is 29.1. The summed E-state index contributed by atoms with van der Waals surface area (Å²) >= 11 is -2.20. The number of aromatic nitrogens is 5. The zero-order valence-electron chi connectivity index (χ0n) is 19.2. The predicted molar refractivity (Wildman–Crippen MR) is 133 cm³/mol. The monoisotopic (exact) mass is 500 g/mol. The van der Waals surface area contributed by atoms with Gasteiger partial charge in [-0.2, -0.15) is 9.97 Å². The van der Waals surface area contributed by atoms with E-state index in [9.17, 15) is 9.32 Å². The van der Waals surface area contributed by atoms with Gasteiger partial charge in [-0.15, -0.1) is 0 Å². The van der Waals surface area contributed by atoms with Gasteiger partial charge in [0.15, 0.2) is 22.8 Å². The topological polar surface area (TPSA) is 163 Å². The smallest absolute Gasteiger partial charge is 0.260 e. The van der Waals surface area contributed by atoms with Gasteiger partial charge in [-0.3, -0.25) is 9.27 Å². The molecule has 3 aromatic heterocycles. The van der Waals surface area contributed by atoms with E-state index >= 15 is 0 Å². The van der Waals surface area contributed by atoms with Crippen LogP contribution in [0, 0.1) is 0 Å². The lowest BCUT2D eigenvalue weighted by Gasteiger charge is -2.15. The third-order valence-corrected chi connectivity index (χ3v) is 5.77. The fraction of sp³-hybridized carbons (Fsp3) is 0.364. The van der Waals surface area contributed by atoms with E-state index in [1.807, 2.05) is 41.8 Å². The average molecular weight is 501 g/mol. The van der Waals surface area contributed by atoms with E-state index in [-0.39, 0.29) is 18.5 Å². The number of nitrogens with one attached hydrogen (secondary N) is 3. The number of hydrogen-bond acceptors (Lipinski definition) is 9. The van der Waals surface area contributed by atoms with Crippen molar-refractivity contribution < 1.29 is 18.4 Å². The van der Waals surface area contributed by atoms with Crippen molar-refractivity contribution >= 4 is 40.0 Å². The highest BCUT2D eigenvalue weighted by atomic mass is 32.2. The van der Waals surface area contributed by atoms with Crippen LogP contribution in [0.4, 0.5) is 17.6 Å². The van der Waals surface area contributed by atoms with Crippen LogP contribution >= 0.6 is 0 Å². The molecule has 4 aromatic rings. The van der Waals surface area contributed by atoms with Crippen molar-refractivity contribution in [2.45, 2.75) is 45.3 Å². The average Bonchev–Trinajstić information content (AvgIpc) is 3.48. The first-order valence-corrected chi connectivity index (χ1v) is 12.4. The van der Waals surface area contributed by atoms with Crippen LogP contribution in [0.25, 0.3) is 11.2 Å². The molecule has 3 heterocycles. The fourth-order valence-electron chi connectivity index (χ4n) is 3.53. The van der Waals surface area contributed by atoms with Gasteiger partial charge in [0.05, 0.1) is 19.0 Å². The molecule has 0 amide bonds. The number of fused-ring (bicyclic) bond motifs is 1. The minimum Gasteiger partial charge on any atom is -0.394 e. The molecule has 0 fully saturated rings. The summed E-state index contributed by atoms with van der Waals surface area (Å²) in [6.45, 7) is 3.14. The number of imidazole rings is 1. The van der Waals surface area contributed by atoms with Crippen LogP contribution in [0.3, 0.4) is 0 Å². The summed E-state index contributed by atoms with van der Waals surface area (Å²) in [6.07, 6.45) is 3.73. The first kappa shape index (κ1) is 24.6. The molecule has 0 saturated carbocycles. The Hall–Kier alpha value is -3.55. The molecular formula is C22H28N8O4S. The van der Waals surface area contributed by atoms with E-state index in [1.165, 1.54) is 0 Å². The van der Waals surface area contributed by atoms with Gasteiger partial charge in [0, 0.05) is 25.6 Å².